The van der Waals surface area contributed by atoms with Gasteiger partial charge in [-0.05, 0) is 43.9 Å². The fourth-order valence-electron chi connectivity index (χ4n) is 2.19. The molecular formula is C13H16ClN3. The number of hydrogen-bond acceptors (Lipinski definition) is 3. The third-order valence-electron chi connectivity index (χ3n) is 3.23. The minimum absolute atomic E-state index is 0.342. The lowest BCUT2D eigenvalue weighted by Gasteiger charge is -2.28. The van der Waals surface area contributed by atoms with Gasteiger partial charge in [-0.25, -0.2) is 0 Å². The van der Waals surface area contributed by atoms with Crippen LogP contribution in [0.3, 0.4) is 0 Å². The van der Waals surface area contributed by atoms with Crippen LogP contribution in [0, 0.1) is 11.3 Å². The van der Waals surface area contributed by atoms with E-state index in [1.54, 1.807) is 18.2 Å². The van der Waals surface area contributed by atoms with Crippen molar-refractivity contribution in [2.75, 3.05) is 5.32 Å². The molecule has 4 heteroatoms. The van der Waals surface area contributed by atoms with Crippen molar-refractivity contribution >= 4 is 17.3 Å². The van der Waals surface area contributed by atoms with Crippen LogP contribution in [0.5, 0.6) is 0 Å². The van der Waals surface area contributed by atoms with E-state index in [0.29, 0.717) is 22.7 Å². The molecule has 0 atom stereocenters. The summed E-state index contributed by atoms with van der Waals surface area (Å²) in [5.41, 5.74) is 7.35. The predicted molar refractivity (Wildman–Crippen MR) is 70.0 cm³/mol. The Morgan fingerprint density at radius 2 is 2.00 bits per heavy atom. The second-order valence-corrected chi connectivity index (χ2v) is 4.97. The van der Waals surface area contributed by atoms with Crippen LogP contribution in [0.1, 0.15) is 31.2 Å². The lowest BCUT2D eigenvalue weighted by atomic mass is 9.91. The largest absolute Gasteiger partial charge is 0.381 e. The van der Waals surface area contributed by atoms with Gasteiger partial charge in [-0.3, -0.25) is 0 Å². The molecule has 0 saturated heterocycles. The molecule has 1 aliphatic rings. The summed E-state index contributed by atoms with van der Waals surface area (Å²) in [6, 6.07) is 8.17. The predicted octanol–water partition coefficient (Wildman–Crippen LogP) is 2.89. The van der Waals surface area contributed by atoms with Gasteiger partial charge in [-0.15, -0.1) is 0 Å². The molecule has 1 aliphatic carbocycles. The first-order chi connectivity index (χ1) is 8.19. The number of nitrogens with zero attached hydrogens (tertiary/aromatic N) is 1. The molecule has 17 heavy (non-hydrogen) atoms. The lowest BCUT2D eigenvalue weighted by molar-refractivity contribution is 0.411. The first kappa shape index (κ1) is 12.2. The number of halogens is 1. The van der Waals surface area contributed by atoms with Crippen molar-refractivity contribution < 1.29 is 0 Å². The highest BCUT2D eigenvalue weighted by molar-refractivity contribution is 6.33. The standard InChI is InChI=1S/C13H16ClN3/c14-12-6-1-9(8-15)7-13(12)17-11-4-2-10(16)3-5-11/h1,6-7,10-11,17H,2-5,16H2. The molecule has 0 unspecified atom stereocenters. The van der Waals surface area contributed by atoms with Crippen molar-refractivity contribution in [3.05, 3.63) is 28.8 Å². The van der Waals surface area contributed by atoms with E-state index in [4.69, 9.17) is 22.6 Å². The van der Waals surface area contributed by atoms with E-state index < -0.39 is 0 Å². The van der Waals surface area contributed by atoms with Gasteiger partial charge in [0.1, 0.15) is 0 Å². The number of hydrogen-bond donors (Lipinski definition) is 2. The second kappa shape index (κ2) is 5.39. The van der Waals surface area contributed by atoms with Crippen molar-refractivity contribution in [2.24, 2.45) is 5.73 Å². The Morgan fingerprint density at radius 1 is 1.29 bits per heavy atom. The third kappa shape index (κ3) is 3.12. The number of nitrogens with two attached hydrogens (primary N) is 1. The van der Waals surface area contributed by atoms with Gasteiger partial charge in [0.15, 0.2) is 0 Å². The summed E-state index contributed by atoms with van der Waals surface area (Å²) in [5, 5.41) is 12.9. The van der Waals surface area contributed by atoms with Crippen molar-refractivity contribution in [1.29, 1.82) is 5.26 Å². The highest BCUT2D eigenvalue weighted by Gasteiger charge is 2.18. The van der Waals surface area contributed by atoms with E-state index in [0.717, 1.165) is 31.4 Å². The van der Waals surface area contributed by atoms with E-state index in [1.807, 2.05) is 0 Å². The minimum atomic E-state index is 0.342. The molecule has 1 aromatic carbocycles. The SMILES string of the molecule is N#Cc1ccc(Cl)c(NC2CCC(N)CC2)c1. The number of benzene rings is 1. The highest BCUT2D eigenvalue weighted by atomic mass is 35.5. The zero-order valence-corrected chi connectivity index (χ0v) is 10.4. The van der Waals surface area contributed by atoms with Crippen molar-refractivity contribution in [1.82, 2.24) is 0 Å². The van der Waals surface area contributed by atoms with Gasteiger partial charge in [0.25, 0.3) is 0 Å². The van der Waals surface area contributed by atoms with Gasteiger partial charge < -0.3 is 11.1 Å². The Hall–Kier alpha value is -1.24. The van der Waals surface area contributed by atoms with Crippen LogP contribution in [-0.4, -0.2) is 12.1 Å². The Balaban J connectivity index is 2.05. The average molecular weight is 250 g/mol. The summed E-state index contributed by atoms with van der Waals surface area (Å²) in [4.78, 5) is 0. The van der Waals surface area contributed by atoms with Gasteiger partial charge in [0.05, 0.1) is 22.3 Å². The average Bonchev–Trinajstić information content (AvgIpc) is 2.35. The first-order valence-corrected chi connectivity index (χ1v) is 6.28. The Kier molecular flexibility index (Phi) is 3.88. The van der Waals surface area contributed by atoms with E-state index >= 15 is 0 Å². The fraction of sp³-hybridized carbons (Fsp3) is 0.462. The summed E-state index contributed by atoms with van der Waals surface area (Å²) in [6.45, 7) is 0. The molecule has 1 fully saturated rings. The molecule has 0 radical (unpaired) electrons. The maximum absolute atomic E-state index is 8.86. The summed E-state index contributed by atoms with van der Waals surface area (Å²) in [5.74, 6) is 0. The highest BCUT2D eigenvalue weighted by Crippen LogP contribution is 2.27. The van der Waals surface area contributed by atoms with Crippen LogP contribution in [0.15, 0.2) is 18.2 Å². The monoisotopic (exact) mass is 249 g/mol. The van der Waals surface area contributed by atoms with Crippen molar-refractivity contribution in [3.8, 4) is 6.07 Å². The molecular weight excluding hydrogens is 234 g/mol. The lowest BCUT2D eigenvalue weighted by Crippen LogP contribution is -2.32. The van der Waals surface area contributed by atoms with Crippen molar-refractivity contribution in [2.45, 2.75) is 37.8 Å². The maximum atomic E-state index is 8.86. The van der Waals surface area contributed by atoms with Gasteiger partial charge in [-0.1, -0.05) is 11.6 Å². The van der Waals surface area contributed by atoms with E-state index in [1.165, 1.54) is 0 Å². The maximum Gasteiger partial charge on any atom is 0.0992 e. The quantitative estimate of drug-likeness (QED) is 0.847. The molecule has 0 heterocycles. The molecule has 3 nitrogen and oxygen atoms in total. The van der Waals surface area contributed by atoms with Crippen LogP contribution < -0.4 is 11.1 Å². The fourth-order valence-corrected chi connectivity index (χ4v) is 2.36. The molecule has 2 rings (SSSR count). The summed E-state index contributed by atoms with van der Waals surface area (Å²) >= 11 is 6.10. The zero-order valence-electron chi connectivity index (χ0n) is 9.62. The number of anilines is 1. The van der Waals surface area contributed by atoms with E-state index in [-0.39, 0.29) is 0 Å². The summed E-state index contributed by atoms with van der Waals surface area (Å²) < 4.78 is 0. The number of nitriles is 1. The van der Waals surface area contributed by atoms with Crippen LogP contribution in [-0.2, 0) is 0 Å². The molecule has 1 aromatic rings. The van der Waals surface area contributed by atoms with Crippen LogP contribution in [0.25, 0.3) is 0 Å². The zero-order chi connectivity index (χ0) is 12.3. The topological polar surface area (TPSA) is 61.8 Å². The number of rotatable bonds is 2. The van der Waals surface area contributed by atoms with Gasteiger partial charge in [0, 0.05) is 12.1 Å². The normalized spacial score (nSPS) is 24.1. The van der Waals surface area contributed by atoms with Gasteiger partial charge >= 0.3 is 0 Å². The molecule has 0 amide bonds. The second-order valence-electron chi connectivity index (χ2n) is 4.56. The molecule has 1 saturated carbocycles. The third-order valence-corrected chi connectivity index (χ3v) is 3.56. The van der Waals surface area contributed by atoms with Crippen LogP contribution in [0.2, 0.25) is 5.02 Å². The molecule has 90 valence electrons. The molecule has 3 N–H and O–H groups in total. The van der Waals surface area contributed by atoms with Gasteiger partial charge in [-0.2, -0.15) is 5.26 Å². The molecule has 0 bridgehead atoms. The minimum Gasteiger partial charge on any atom is -0.381 e. The van der Waals surface area contributed by atoms with E-state index in [2.05, 4.69) is 11.4 Å². The summed E-state index contributed by atoms with van der Waals surface area (Å²) in [7, 11) is 0. The molecule has 0 spiro atoms. The first-order valence-electron chi connectivity index (χ1n) is 5.91. The Bertz CT molecular complexity index is 431. The smallest absolute Gasteiger partial charge is 0.0992 e. The summed E-state index contributed by atoms with van der Waals surface area (Å²) in [6.07, 6.45) is 4.23. The van der Waals surface area contributed by atoms with Crippen LogP contribution >= 0.6 is 11.6 Å². The van der Waals surface area contributed by atoms with Gasteiger partial charge in [0.2, 0.25) is 0 Å². The molecule has 0 aliphatic heterocycles. The number of nitrogens with one attached hydrogen (secondary N) is 1. The van der Waals surface area contributed by atoms with Crippen molar-refractivity contribution in [3.63, 3.8) is 0 Å². The van der Waals surface area contributed by atoms with E-state index in [9.17, 15) is 0 Å². The Morgan fingerprint density at radius 3 is 2.65 bits per heavy atom. The molecule has 0 aromatic heterocycles. The Labute approximate surface area is 107 Å². The van der Waals surface area contributed by atoms with Crippen LogP contribution in [0.4, 0.5) is 5.69 Å².